The van der Waals surface area contributed by atoms with Crippen molar-refractivity contribution in [2.45, 2.75) is 25.7 Å². The average molecular weight is 419 g/mol. The average Bonchev–Trinajstić information content (AvgIpc) is 2.71. The molecule has 0 saturated carbocycles. The van der Waals surface area contributed by atoms with Gasteiger partial charge in [0.15, 0.2) is 0 Å². The predicted molar refractivity (Wildman–Crippen MR) is 101 cm³/mol. The van der Waals surface area contributed by atoms with Gasteiger partial charge in [-0.05, 0) is 54.4 Å². The third-order valence-corrected chi connectivity index (χ3v) is 4.29. The van der Waals surface area contributed by atoms with Crippen molar-refractivity contribution in [2.75, 3.05) is 0 Å². The molecule has 0 aliphatic carbocycles. The number of amides is 1. The molecule has 0 spiro atoms. The van der Waals surface area contributed by atoms with Crippen LogP contribution in [-0.2, 0) is 12.7 Å². The molecule has 0 aliphatic rings. The lowest BCUT2D eigenvalue weighted by Gasteiger charge is -2.12. The topological polar surface area (TPSA) is 75.1 Å². The van der Waals surface area contributed by atoms with E-state index in [-0.39, 0.29) is 12.1 Å². The van der Waals surface area contributed by atoms with Gasteiger partial charge in [0, 0.05) is 23.9 Å². The molecule has 30 heavy (non-hydrogen) atoms. The molecule has 3 aromatic rings. The van der Waals surface area contributed by atoms with Gasteiger partial charge in [-0.1, -0.05) is 6.07 Å². The summed E-state index contributed by atoms with van der Waals surface area (Å²) in [6, 6.07) is 9.43. The van der Waals surface area contributed by atoms with E-state index in [4.69, 9.17) is 0 Å². The van der Waals surface area contributed by atoms with Crippen LogP contribution in [0.2, 0.25) is 0 Å². The Morgan fingerprint density at radius 1 is 1.10 bits per heavy atom. The van der Waals surface area contributed by atoms with Gasteiger partial charge in [0.1, 0.15) is 11.5 Å². The number of carbonyl (C=O) groups is 1. The summed E-state index contributed by atoms with van der Waals surface area (Å²) in [6.07, 6.45) is -3.31. The van der Waals surface area contributed by atoms with Crippen LogP contribution in [0, 0.1) is 5.82 Å². The summed E-state index contributed by atoms with van der Waals surface area (Å²) in [7, 11) is 0. The molecular weight excluding hydrogens is 402 g/mol. The van der Waals surface area contributed by atoms with Crippen LogP contribution in [0.15, 0.2) is 54.9 Å². The van der Waals surface area contributed by atoms with Gasteiger partial charge in [-0.15, -0.1) is 0 Å². The van der Waals surface area contributed by atoms with Crippen molar-refractivity contribution >= 4 is 5.91 Å². The van der Waals surface area contributed by atoms with E-state index in [1.165, 1.54) is 37.3 Å². The maximum atomic E-state index is 13.1. The number of aliphatic hydroxyl groups is 1. The number of nitrogens with one attached hydrogen (secondary N) is 1. The van der Waals surface area contributed by atoms with Crippen molar-refractivity contribution in [1.82, 2.24) is 15.3 Å². The molecule has 2 heterocycles. The first-order chi connectivity index (χ1) is 14.1. The summed E-state index contributed by atoms with van der Waals surface area (Å²) in [5.41, 5.74) is 0.978. The first kappa shape index (κ1) is 21.4. The largest absolute Gasteiger partial charge is 0.433 e. The van der Waals surface area contributed by atoms with Crippen LogP contribution in [0.4, 0.5) is 17.6 Å². The Kier molecular flexibility index (Phi) is 6.12. The third-order valence-electron chi connectivity index (χ3n) is 4.29. The summed E-state index contributed by atoms with van der Waals surface area (Å²) in [5.74, 6) is -1.01. The lowest BCUT2D eigenvalue weighted by atomic mass is 10.00. The fraction of sp³-hybridized carbons (Fsp3) is 0.190. The maximum Gasteiger partial charge on any atom is 0.433 e. The Morgan fingerprint density at radius 2 is 1.87 bits per heavy atom. The fourth-order valence-electron chi connectivity index (χ4n) is 2.70. The van der Waals surface area contributed by atoms with Crippen LogP contribution in [0.5, 0.6) is 0 Å². The van der Waals surface area contributed by atoms with E-state index in [1.807, 2.05) is 0 Å². The number of rotatable bonds is 5. The molecule has 1 unspecified atom stereocenters. The van der Waals surface area contributed by atoms with Crippen LogP contribution in [0.1, 0.15) is 40.2 Å². The number of halogens is 4. The number of aromatic nitrogens is 2. The summed E-state index contributed by atoms with van der Waals surface area (Å²) in [5, 5.41) is 12.5. The van der Waals surface area contributed by atoms with Gasteiger partial charge in [0.2, 0.25) is 0 Å². The van der Waals surface area contributed by atoms with Crippen molar-refractivity contribution in [2.24, 2.45) is 0 Å². The standard InChI is InChI=1S/C21H17F4N3O2/c1-12(29)14-6-15(18-4-3-17(22)11-26-18)8-16(7-14)20(30)28-10-13-2-5-19(27-9-13)21(23,24)25/h2-9,11-12,29H,10H2,1H3,(H,28,30). The highest BCUT2D eigenvalue weighted by Crippen LogP contribution is 2.27. The maximum absolute atomic E-state index is 13.1. The lowest BCUT2D eigenvalue weighted by molar-refractivity contribution is -0.141. The number of hydrogen-bond acceptors (Lipinski definition) is 4. The van der Waals surface area contributed by atoms with Gasteiger partial charge in [-0.3, -0.25) is 14.8 Å². The number of pyridine rings is 2. The molecule has 1 atom stereocenters. The smallest absolute Gasteiger partial charge is 0.389 e. The van der Waals surface area contributed by atoms with E-state index in [1.54, 1.807) is 6.07 Å². The minimum atomic E-state index is -4.53. The van der Waals surface area contributed by atoms with Gasteiger partial charge in [0.25, 0.3) is 5.91 Å². The Bertz CT molecular complexity index is 1030. The molecule has 1 aromatic carbocycles. The second-order valence-electron chi connectivity index (χ2n) is 6.61. The Balaban J connectivity index is 1.80. The molecular formula is C21H17F4N3O2. The van der Waals surface area contributed by atoms with E-state index in [2.05, 4.69) is 15.3 Å². The second kappa shape index (κ2) is 8.58. The van der Waals surface area contributed by atoms with E-state index in [0.717, 1.165) is 18.5 Å². The Morgan fingerprint density at radius 3 is 2.43 bits per heavy atom. The van der Waals surface area contributed by atoms with E-state index < -0.39 is 29.7 Å². The third kappa shape index (κ3) is 5.18. The van der Waals surface area contributed by atoms with Crippen molar-refractivity contribution in [3.8, 4) is 11.3 Å². The number of benzene rings is 1. The lowest BCUT2D eigenvalue weighted by Crippen LogP contribution is -2.23. The van der Waals surface area contributed by atoms with Crippen molar-refractivity contribution < 1.29 is 27.5 Å². The molecule has 1 amide bonds. The SMILES string of the molecule is CC(O)c1cc(C(=O)NCc2ccc(C(F)(F)F)nc2)cc(-c2ccc(F)cn2)c1. The van der Waals surface area contributed by atoms with Gasteiger partial charge in [-0.2, -0.15) is 13.2 Å². The zero-order valence-corrected chi connectivity index (χ0v) is 15.7. The summed E-state index contributed by atoms with van der Waals surface area (Å²) >= 11 is 0. The minimum Gasteiger partial charge on any atom is -0.389 e. The minimum absolute atomic E-state index is 0.0347. The normalized spacial score (nSPS) is 12.5. The Hall–Kier alpha value is -3.33. The molecule has 0 bridgehead atoms. The second-order valence-corrected chi connectivity index (χ2v) is 6.61. The van der Waals surface area contributed by atoms with Gasteiger partial charge in [0.05, 0.1) is 18.0 Å². The van der Waals surface area contributed by atoms with Crippen molar-refractivity contribution in [3.05, 3.63) is 83.1 Å². The van der Waals surface area contributed by atoms with Crippen molar-refractivity contribution in [3.63, 3.8) is 0 Å². The molecule has 2 aromatic heterocycles. The van der Waals surface area contributed by atoms with Crippen LogP contribution in [0.25, 0.3) is 11.3 Å². The number of carbonyl (C=O) groups excluding carboxylic acids is 1. The summed E-state index contributed by atoms with van der Waals surface area (Å²) < 4.78 is 50.9. The van der Waals surface area contributed by atoms with Crippen LogP contribution >= 0.6 is 0 Å². The molecule has 0 saturated heterocycles. The zero-order chi connectivity index (χ0) is 21.9. The molecule has 0 aliphatic heterocycles. The number of nitrogens with zero attached hydrogens (tertiary/aromatic N) is 2. The summed E-state index contributed by atoms with van der Waals surface area (Å²) in [6.45, 7) is 1.50. The number of hydrogen-bond donors (Lipinski definition) is 2. The molecule has 2 N–H and O–H groups in total. The van der Waals surface area contributed by atoms with E-state index in [0.29, 0.717) is 22.4 Å². The van der Waals surface area contributed by atoms with Crippen LogP contribution < -0.4 is 5.32 Å². The number of aliphatic hydroxyl groups excluding tert-OH is 1. The van der Waals surface area contributed by atoms with Crippen molar-refractivity contribution in [1.29, 1.82) is 0 Å². The van der Waals surface area contributed by atoms with Gasteiger partial charge in [-0.25, -0.2) is 4.39 Å². The highest BCUT2D eigenvalue weighted by molar-refractivity contribution is 5.95. The van der Waals surface area contributed by atoms with Crippen LogP contribution in [-0.4, -0.2) is 21.0 Å². The zero-order valence-electron chi connectivity index (χ0n) is 15.7. The fourth-order valence-corrected chi connectivity index (χ4v) is 2.70. The molecule has 5 nitrogen and oxygen atoms in total. The first-order valence-corrected chi connectivity index (χ1v) is 8.89. The van der Waals surface area contributed by atoms with Crippen LogP contribution in [0.3, 0.4) is 0 Å². The molecule has 0 radical (unpaired) electrons. The Labute approximate surface area is 169 Å². The van der Waals surface area contributed by atoms with Gasteiger partial charge >= 0.3 is 6.18 Å². The van der Waals surface area contributed by atoms with E-state index >= 15 is 0 Å². The molecule has 3 rings (SSSR count). The quantitative estimate of drug-likeness (QED) is 0.606. The molecule has 156 valence electrons. The highest BCUT2D eigenvalue weighted by Gasteiger charge is 2.32. The van der Waals surface area contributed by atoms with E-state index in [9.17, 15) is 27.5 Å². The molecule has 0 fully saturated rings. The highest BCUT2D eigenvalue weighted by atomic mass is 19.4. The number of alkyl halides is 3. The van der Waals surface area contributed by atoms with Gasteiger partial charge < -0.3 is 10.4 Å². The summed E-state index contributed by atoms with van der Waals surface area (Å²) in [4.78, 5) is 19.9. The monoisotopic (exact) mass is 419 g/mol. The first-order valence-electron chi connectivity index (χ1n) is 8.89. The predicted octanol–water partition coefficient (Wildman–Crippen LogP) is 4.28. The molecule has 9 heteroatoms.